The number of carbonyl (C=O) groups is 1. The van der Waals surface area contributed by atoms with E-state index in [-0.39, 0.29) is 10.8 Å². The molecule has 1 unspecified atom stereocenters. The van der Waals surface area contributed by atoms with Gasteiger partial charge in [0.1, 0.15) is 6.17 Å². The number of nitro benzene ring substituents is 1. The van der Waals surface area contributed by atoms with Crippen LogP contribution in [0.2, 0.25) is 0 Å². The van der Waals surface area contributed by atoms with Gasteiger partial charge in [0.15, 0.2) is 5.11 Å². The summed E-state index contributed by atoms with van der Waals surface area (Å²) in [5.74, 6) is -0.473. The van der Waals surface area contributed by atoms with Crippen molar-refractivity contribution >= 4 is 80.2 Å². The Balaban J connectivity index is 1.76. The molecule has 0 spiro atoms. The third-order valence-corrected chi connectivity index (χ3v) is 5.10. The summed E-state index contributed by atoms with van der Waals surface area (Å²) in [7, 11) is 0. The van der Waals surface area contributed by atoms with E-state index in [1.807, 2.05) is 30.3 Å². The molecule has 160 valence electrons. The zero-order chi connectivity index (χ0) is 22.6. The number of fused-ring (bicyclic) bond motifs is 1. The molecular formula is C20H15Cl3N4O3S. The Morgan fingerprint density at radius 2 is 1.68 bits per heavy atom. The fourth-order valence-corrected chi connectivity index (χ4v) is 3.39. The second kappa shape index (κ2) is 9.65. The van der Waals surface area contributed by atoms with Crippen molar-refractivity contribution in [3.05, 3.63) is 82.4 Å². The molecule has 0 aliphatic carbocycles. The number of hydrogen-bond donors (Lipinski definition) is 3. The van der Waals surface area contributed by atoms with Gasteiger partial charge in [0, 0.05) is 23.4 Å². The number of carbonyl (C=O) groups excluding carboxylic acids is 1. The van der Waals surface area contributed by atoms with Crippen LogP contribution < -0.4 is 16.0 Å². The normalized spacial score (nSPS) is 12.1. The lowest BCUT2D eigenvalue weighted by Crippen LogP contribution is -2.56. The van der Waals surface area contributed by atoms with Crippen molar-refractivity contribution in [3.8, 4) is 0 Å². The molecule has 0 bridgehead atoms. The Kier molecular flexibility index (Phi) is 7.17. The number of nitrogens with one attached hydrogen (secondary N) is 3. The molecule has 11 heteroatoms. The molecule has 31 heavy (non-hydrogen) atoms. The maximum Gasteiger partial charge on any atom is 0.271 e. The maximum atomic E-state index is 12.9. The summed E-state index contributed by atoms with van der Waals surface area (Å²) in [4.78, 5) is 23.3. The molecule has 0 heterocycles. The first-order valence-corrected chi connectivity index (χ1v) is 10.4. The minimum atomic E-state index is -1.95. The first kappa shape index (κ1) is 23.0. The summed E-state index contributed by atoms with van der Waals surface area (Å²) < 4.78 is -1.95. The molecule has 0 aliphatic heterocycles. The van der Waals surface area contributed by atoms with Gasteiger partial charge in [-0.2, -0.15) is 0 Å². The van der Waals surface area contributed by atoms with E-state index in [2.05, 4.69) is 16.0 Å². The molecule has 0 saturated heterocycles. The van der Waals surface area contributed by atoms with Crippen molar-refractivity contribution in [3.63, 3.8) is 0 Å². The van der Waals surface area contributed by atoms with Crippen LogP contribution in [0.25, 0.3) is 10.8 Å². The van der Waals surface area contributed by atoms with Crippen LogP contribution in [0.5, 0.6) is 0 Å². The minimum Gasteiger partial charge on any atom is -0.339 e. The van der Waals surface area contributed by atoms with Crippen molar-refractivity contribution in [1.29, 1.82) is 0 Å². The van der Waals surface area contributed by atoms with E-state index < -0.39 is 20.8 Å². The smallest absolute Gasteiger partial charge is 0.271 e. The van der Waals surface area contributed by atoms with Crippen molar-refractivity contribution in [2.45, 2.75) is 9.96 Å². The Morgan fingerprint density at radius 1 is 1.00 bits per heavy atom. The first-order chi connectivity index (χ1) is 14.6. The van der Waals surface area contributed by atoms with E-state index in [1.54, 1.807) is 18.2 Å². The molecule has 0 saturated carbocycles. The summed E-state index contributed by atoms with van der Waals surface area (Å²) in [6.45, 7) is 0. The topological polar surface area (TPSA) is 96.3 Å². The molecule has 1 amide bonds. The van der Waals surface area contributed by atoms with E-state index in [0.717, 1.165) is 10.8 Å². The largest absolute Gasteiger partial charge is 0.339 e. The zero-order valence-corrected chi connectivity index (χ0v) is 18.7. The van der Waals surface area contributed by atoms with Gasteiger partial charge in [-0.3, -0.25) is 14.9 Å². The standard InChI is InChI=1S/C20H15Cl3N4O3S/c21-20(22,23)18(26-19(31)24-13-7-4-8-14(11-13)27(29)30)25-17(28)16-10-3-6-12-5-1-2-9-15(12)16/h1-11,18H,(H,25,28)(H2,24,26,31). The number of anilines is 1. The van der Waals surface area contributed by atoms with E-state index >= 15 is 0 Å². The molecule has 3 aromatic carbocycles. The van der Waals surface area contributed by atoms with E-state index in [1.165, 1.54) is 18.2 Å². The average Bonchev–Trinajstić information content (AvgIpc) is 2.72. The lowest BCUT2D eigenvalue weighted by molar-refractivity contribution is -0.384. The van der Waals surface area contributed by atoms with Crippen LogP contribution in [-0.2, 0) is 0 Å². The quantitative estimate of drug-likeness (QED) is 0.148. The second-order valence-electron chi connectivity index (χ2n) is 6.38. The van der Waals surface area contributed by atoms with Crippen LogP contribution in [0, 0.1) is 10.1 Å². The van der Waals surface area contributed by atoms with Gasteiger partial charge in [-0.05, 0) is 35.1 Å². The van der Waals surface area contributed by atoms with Gasteiger partial charge in [-0.1, -0.05) is 77.3 Å². The summed E-state index contributed by atoms with van der Waals surface area (Å²) in [6.07, 6.45) is -1.19. The lowest BCUT2D eigenvalue weighted by atomic mass is 10.0. The fourth-order valence-electron chi connectivity index (χ4n) is 2.83. The number of nitrogens with zero attached hydrogens (tertiary/aromatic N) is 1. The van der Waals surface area contributed by atoms with Crippen LogP contribution in [-0.4, -0.2) is 25.9 Å². The van der Waals surface area contributed by atoms with E-state index in [4.69, 9.17) is 47.0 Å². The predicted octanol–water partition coefficient (Wildman–Crippen LogP) is 5.16. The van der Waals surface area contributed by atoms with Crippen LogP contribution in [0.1, 0.15) is 10.4 Å². The average molecular weight is 498 g/mol. The van der Waals surface area contributed by atoms with Gasteiger partial charge in [-0.15, -0.1) is 0 Å². The van der Waals surface area contributed by atoms with Crippen LogP contribution in [0.15, 0.2) is 66.7 Å². The Bertz CT molecular complexity index is 1150. The number of rotatable bonds is 5. The van der Waals surface area contributed by atoms with Gasteiger partial charge >= 0.3 is 0 Å². The lowest BCUT2D eigenvalue weighted by Gasteiger charge is -2.28. The third-order valence-electron chi connectivity index (χ3n) is 4.23. The highest BCUT2D eigenvalue weighted by Crippen LogP contribution is 2.30. The van der Waals surface area contributed by atoms with Gasteiger partial charge in [-0.25, -0.2) is 0 Å². The Morgan fingerprint density at radius 3 is 2.39 bits per heavy atom. The van der Waals surface area contributed by atoms with E-state index in [9.17, 15) is 14.9 Å². The number of benzene rings is 3. The third kappa shape index (κ3) is 5.95. The Labute approximate surface area is 197 Å². The van der Waals surface area contributed by atoms with Crippen molar-refractivity contribution in [2.75, 3.05) is 5.32 Å². The summed E-state index contributed by atoms with van der Waals surface area (Å²) >= 11 is 23.3. The molecule has 1 atom stereocenters. The SMILES string of the molecule is O=C(NC(NC(=S)Nc1cccc([N+](=O)[O-])c1)C(Cl)(Cl)Cl)c1cccc2ccccc12. The molecule has 3 aromatic rings. The van der Waals surface area contributed by atoms with E-state index in [0.29, 0.717) is 11.3 Å². The number of amides is 1. The number of nitro groups is 1. The van der Waals surface area contributed by atoms with Crippen LogP contribution in [0.3, 0.4) is 0 Å². The van der Waals surface area contributed by atoms with Crippen molar-refractivity contribution in [1.82, 2.24) is 10.6 Å². The molecule has 3 rings (SSSR count). The Hall–Kier alpha value is -2.65. The van der Waals surface area contributed by atoms with Gasteiger partial charge < -0.3 is 16.0 Å². The molecule has 0 fully saturated rings. The fraction of sp³-hybridized carbons (Fsp3) is 0.100. The molecule has 0 aromatic heterocycles. The highest BCUT2D eigenvalue weighted by Gasteiger charge is 2.35. The molecule has 3 N–H and O–H groups in total. The summed E-state index contributed by atoms with van der Waals surface area (Å²) in [5, 5.41) is 20.7. The van der Waals surface area contributed by atoms with Crippen LogP contribution >= 0.6 is 47.0 Å². The summed E-state index contributed by atoms with van der Waals surface area (Å²) in [6, 6.07) is 18.4. The number of hydrogen-bond acceptors (Lipinski definition) is 4. The van der Waals surface area contributed by atoms with Gasteiger partial charge in [0.25, 0.3) is 11.6 Å². The van der Waals surface area contributed by atoms with Gasteiger partial charge in [0.2, 0.25) is 3.79 Å². The van der Waals surface area contributed by atoms with Gasteiger partial charge in [0.05, 0.1) is 4.92 Å². The molecule has 0 aliphatic rings. The molecular weight excluding hydrogens is 483 g/mol. The molecule has 0 radical (unpaired) electrons. The number of halogens is 3. The first-order valence-electron chi connectivity index (χ1n) is 8.82. The maximum absolute atomic E-state index is 12.9. The minimum absolute atomic E-state index is 0.00459. The van der Waals surface area contributed by atoms with Crippen molar-refractivity contribution in [2.24, 2.45) is 0 Å². The predicted molar refractivity (Wildman–Crippen MR) is 128 cm³/mol. The number of non-ortho nitro benzene ring substituents is 1. The summed E-state index contributed by atoms with van der Waals surface area (Å²) in [5.41, 5.74) is 0.641. The zero-order valence-electron chi connectivity index (χ0n) is 15.6. The van der Waals surface area contributed by atoms with Crippen molar-refractivity contribution < 1.29 is 9.72 Å². The second-order valence-corrected chi connectivity index (χ2v) is 9.16. The highest BCUT2D eigenvalue weighted by atomic mass is 35.6. The number of thiocarbonyl (C=S) groups is 1. The molecule has 7 nitrogen and oxygen atoms in total. The van der Waals surface area contributed by atoms with Crippen LogP contribution in [0.4, 0.5) is 11.4 Å². The highest BCUT2D eigenvalue weighted by molar-refractivity contribution is 7.80. The monoisotopic (exact) mass is 496 g/mol. The number of alkyl halides is 3.